The quantitative estimate of drug-likeness (QED) is 0.671. The van der Waals surface area contributed by atoms with Crippen molar-refractivity contribution in [2.75, 3.05) is 6.61 Å². The molecule has 0 bridgehead atoms. The van der Waals surface area contributed by atoms with Gasteiger partial charge in [0.2, 0.25) is 11.8 Å². The van der Waals surface area contributed by atoms with Gasteiger partial charge in [-0.25, -0.2) is 4.39 Å². The van der Waals surface area contributed by atoms with E-state index in [1.807, 2.05) is 20.8 Å². The third-order valence-corrected chi connectivity index (χ3v) is 4.22. The molecule has 0 aliphatic carbocycles. The molecular formula is C23H28FN3O3. The van der Waals surface area contributed by atoms with Crippen LogP contribution in [-0.2, 0) is 9.59 Å². The van der Waals surface area contributed by atoms with E-state index in [2.05, 4.69) is 16.9 Å². The van der Waals surface area contributed by atoms with E-state index < -0.39 is 29.3 Å². The van der Waals surface area contributed by atoms with Crippen molar-refractivity contribution >= 4 is 11.8 Å². The average molecular weight is 413 g/mol. The van der Waals surface area contributed by atoms with E-state index >= 15 is 0 Å². The first-order chi connectivity index (χ1) is 14.1. The van der Waals surface area contributed by atoms with Crippen LogP contribution in [0.1, 0.15) is 39.3 Å². The smallest absolute Gasteiger partial charge is 0.247 e. The van der Waals surface area contributed by atoms with Crippen molar-refractivity contribution in [3.8, 4) is 5.75 Å². The van der Waals surface area contributed by atoms with E-state index in [0.717, 1.165) is 6.08 Å². The summed E-state index contributed by atoms with van der Waals surface area (Å²) in [6, 6.07) is 7.73. The molecule has 0 saturated carbocycles. The Morgan fingerprint density at radius 2 is 2.03 bits per heavy atom. The van der Waals surface area contributed by atoms with Crippen LogP contribution in [0.15, 0.2) is 61.4 Å². The van der Waals surface area contributed by atoms with E-state index in [9.17, 15) is 14.0 Å². The number of nitrogens with zero attached hydrogens (tertiary/aromatic N) is 2. The molecule has 0 saturated heterocycles. The highest BCUT2D eigenvalue weighted by Gasteiger charge is 2.35. The zero-order valence-electron chi connectivity index (χ0n) is 17.8. The van der Waals surface area contributed by atoms with Crippen LogP contribution in [0.5, 0.6) is 5.75 Å². The Balaban J connectivity index is 2.35. The summed E-state index contributed by atoms with van der Waals surface area (Å²) in [5.74, 6) is -0.853. The first kappa shape index (κ1) is 23.1. The van der Waals surface area contributed by atoms with E-state index in [0.29, 0.717) is 11.3 Å². The van der Waals surface area contributed by atoms with Crippen LogP contribution >= 0.6 is 0 Å². The molecule has 0 radical (unpaired) electrons. The van der Waals surface area contributed by atoms with Gasteiger partial charge in [-0.05, 0) is 52.0 Å². The number of aromatic nitrogens is 1. The summed E-state index contributed by atoms with van der Waals surface area (Å²) < 4.78 is 19.1. The molecule has 2 unspecified atom stereocenters. The highest BCUT2D eigenvalue weighted by atomic mass is 19.1. The Morgan fingerprint density at radius 3 is 2.60 bits per heavy atom. The highest BCUT2D eigenvalue weighted by Crippen LogP contribution is 2.25. The zero-order chi connectivity index (χ0) is 22.3. The van der Waals surface area contributed by atoms with Crippen LogP contribution in [0.4, 0.5) is 4.39 Å². The minimum absolute atomic E-state index is 0.0581. The monoisotopic (exact) mass is 413 g/mol. The maximum atomic E-state index is 13.4. The van der Waals surface area contributed by atoms with Gasteiger partial charge in [0.05, 0.1) is 6.04 Å². The molecule has 2 amide bonds. The fraction of sp³-hybridized carbons (Fsp3) is 0.348. The van der Waals surface area contributed by atoms with Gasteiger partial charge < -0.3 is 15.0 Å². The molecule has 2 aromatic rings. The van der Waals surface area contributed by atoms with Gasteiger partial charge in [-0.15, -0.1) is 0 Å². The second kappa shape index (κ2) is 10.0. The van der Waals surface area contributed by atoms with Crippen molar-refractivity contribution in [3.05, 3.63) is 72.8 Å². The molecule has 30 heavy (non-hydrogen) atoms. The molecule has 0 aliphatic heterocycles. The number of pyridine rings is 1. The molecule has 1 N–H and O–H groups in total. The minimum atomic E-state index is -0.936. The number of rotatable bonds is 8. The first-order valence-corrected chi connectivity index (χ1v) is 9.67. The van der Waals surface area contributed by atoms with Crippen LogP contribution in [0.2, 0.25) is 0 Å². The molecule has 0 aliphatic rings. The zero-order valence-corrected chi connectivity index (χ0v) is 17.8. The molecule has 1 aromatic carbocycles. The summed E-state index contributed by atoms with van der Waals surface area (Å²) in [4.78, 5) is 31.5. The standard InChI is InChI=1S/C23H28FN3O3/c1-6-20(28)27(16(2)15-30-19-11-7-10-18(24)13-19)21(17-9-8-12-25-14-17)22(29)26-23(3,4)5/h6-14,16,21H,1,15H2,2-5H3,(H,26,29). The lowest BCUT2D eigenvalue weighted by molar-refractivity contribution is -0.141. The molecule has 2 atom stereocenters. The largest absolute Gasteiger partial charge is 0.491 e. The Kier molecular flexibility index (Phi) is 7.69. The maximum absolute atomic E-state index is 13.4. The SMILES string of the molecule is C=CC(=O)N(C(C)COc1cccc(F)c1)C(C(=O)NC(C)(C)C)c1cccnc1. The summed E-state index contributed by atoms with van der Waals surface area (Å²) in [6.45, 7) is 11.0. The third-order valence-electron chi connectivity index (χ3n) is 4.22. The summed E-state index contributed by atoms with van der Waals surface area (Å²) in [5.41, 5.74) is 0.0638. The van der Waals surface area contributed by atoms with Crippen molar-refractivity contribution in [1.82, 2.24) is 15.2 Å². The van der Waals surface area contributed by atoms with Gasteiger partial charge >= 0.3 is 0 Å². The second-order valence-electron chi connectivity index (χ2n) is 8.00. The van der Waals surface area contributed by atoms with E-state index in [-0.39, 0.29) is 12.5 Å². The molecule has 2 rings (SSSR count). The number of ether oxygens (including phenoxy) is 1. The van der Waals surface area contributed by atoms with Crippen LogP contribution in [0.25, 0.3) is 0 Å². The molecule has 1 aromatic heterocycles. The fourth-order valence-electron chi connectivity index (χ4n) is 2.97. The third kappa shape index (κ3) is 6.40. The van der Waals surface area contributed by atoms with Crippen molar-refractivity contribution in [2.24, 2.45) is 0 Å². The van der Waals surface area contributed by atoms with Crippen LogP contribution in [0, 0.1) is 5.82 Å². The van der Waals surface area contributed by atoms with Crippen LogP contribution in [0.3, 0.4) is 0 Å². The Labute approximate surface area is 176 Å². The molecule has 0 spiro atoms. The Bertz CT molecular complexity index is 881. The number of benzene rings is 1. The van der Waals surface area contributed by atoms with Crippen LogP contribution < -0.4 is 10.1 Å². The summed E-state index contributed by atoms with van der Waals surface area (Å²) in [6.07, 6.45) is 4.31. The number of halogens is 1. The van der Waals surface area contributed by atoms with Crippen molar-refractivity contribution in [1.29, 1.82) is 0 Å². The van der Waals surface area contributed by atoms with Gasteiger partial charge in [-0.1, -0.05) is 18.7 Å². The van der Waals surface area contributed by atoms with E-state index in [1.54, 1.807) is 37.5 Å². The molecule has 0 fully saturated rings. The van der Waals surface area contributed by atoms with Crippen LogP contribution in [-0.4, -0.2) is 39.9 Å². The molecule has 160 valence electrons. The fourth-order valence-corrected chi connectivity index (χ4v) is 2.97. The predicted molar refractivity (Wildman–Crippen MR) is 113 cm³/mol. The Morgan fingerprint density at radius 1 is 1.30 bits per heavy atom. The van der Waals surface area contributed by atoms with Gasteiger partial charge in [0, 0.05) is 29.6 Å². The summed E-state index contributed by atoms with van der Waals surface area (Å²) >= 11 is 0. The second-order valence-corrected chi connectivity index (χ2v) is 8.00. The highest BCUT2D eigenvalue weighted by molar-refractivity contribution is 5.93. The number of carbonyl (C=O) groups is 2. The van der Waals surface area contributed by atoms with Crippen molar-refractivity contribution in [2.45, 2.75) is 45.3 Å². The number of hydrogen-bond acceptors (Lipinski definition) is 4. The van der Waals surface area contributed by atoms with Gasteiger partial charge in [0.25, 0.3) is 0 Å². The lowest BCUT2D eigenvalue weighted by Crippen LogP contribution is -2.52. The molecule has 1 heterocycles. The lowest BCUT2D eigenvalue weighted by Gasteiger charge is -2.36. The summed E-state index contributed by atoms with van der Waals surface area (Å²) in [5, 5.41) is 2.93. The van der Waals surface area contributed by atoms with E-state index in [1.165, 1.54) is 23.1 Å². The number of hydrogen-bond donors (Lipinski definition) is 1. The topological polar surface area (TPSA) is 71.5 Å². The van der Waals surface area contributed by atoms with Crippen molar-refractivity contribution < 1.29 is 18.7 Å². The molecule has 6 nitrogen and oxygen atoms in total. The normalized spacial score (nSPS) is 13.1. The lowest BCUT2D eigenvalue weighted by atomic mass is 10.0. The Hall–Kier alpha value is -3.22. The number of carbonyl (C=O) groups excluding carboxylic acids is 2. The number of amides is 2. The van der Waals surface area contributed by atoms with Gasteiger partial charge in [0.1, 0.15) is 24.2 Å². The van der Waals surface area contributed by atoms with Gasteiger partial charge in [0.15, 0.2) is 0 Å². The van der Waals surface area contributed by atoms with E-state index in [4.69, 9.17) is 4.74 Å². The first-order valence-electron chi connectivity index (χ1n) is 9.67. The maximum Gasteiger partial charge on any atom is 0.247 e. The van der Waals surface area contributed by atoms with Crippen molar-refractivity contribution in [3.63, 3.8) is 0 Å². The molecular weight excluding hydrogens is 385 g/mol. The minimum Gasteiger partial charge on any atom is -0.491 e. The van der Waals surface area contributed by atoms with Gasteiger partial charge in [-0.3, -0.25) is 14.6 Å². The molecule has 7 heteroatoms. The van der Waals surface area contributed by atoms with Gasteiger partial charge in [-0.2, -0.15) is 0 Å². The summed E-state index contributed by atoms with van der Waals surface area (Å²) in [7, 11) is 0. The number of nitrogens with one attached hydrogen (secondary N) is 1. The average Bonchev–Trinajstić information content (AvgIpc) is 2.69. The predicted octanol–water partition coefficient (Wildman–Crippen LogP) is 3.66.